The molecule has 2 heteroatoms. The molecule has 0 bridgehead atoms. The summed E-state index contributed by atoms with van der Waals surface area (Å²) in [5.74, 6) is 0.764. The van der Waals surface area contributed by atoms with Crippen LogP contribution in [-0.4, -0.2) is 16.8 Å². The Morgan fingerprint density at radius 1 is 1.64 bits per heavy atom. The third-order valence-corrected chi connectivity index (χ3v) is 2.88. The van der Waals surface area contributed by atoms with E-state index in [9.17, 15) is 4.79 Å². The topological polar surface area (TPSA) is 17.1 Å². The van der Waals surface area contributed by atoms with Gasteiger partial charge in [-0.05, 0) is 18.9 Å². The van der Waals surface area contributed by atoms with Gasteiger partial charge in [-0.2, -0.15) is 11.8 Å². The van der Waals surface area contributed by atoms with Gasteiger partial charge >= 0.3 is 0 Å². The van der Waals surface area contributed by atoms with Crippen LogP contribution in [0.1, 0.15) is 27.2 Å². The average Bonchev–Trinajstić information content (AvgIpc) is 1.99. The summed E-state index contributed by atoms with van der Waals surface area (Å²) in [5, 5.41) is 0.582. The number of ketones is 1. The van der Waals surface area contributed by atoms with Gasteiger partial charge in [0.25, 0.3) is 0 Å². The van der Waals surface area contributed by atoms with Crippen LogP contribution in [-0.2, 0) is 4.79 Å². The van der Waals surface area contributed by atoms with E-state index in [0.717, 1.165) is 6.42 Å². The fourth-order valence-corrected chi connectivity index (χ4v) is 1.38. The van der Waals surface area contributed by atoms with Crippen LogP contribution in [0, 0.1) is 0 Å². The Labute approximate surface area is 73.3 Å². The molecular formula is C9H16OS. The van der Waals surface area contributed by atoms with Gasteiger partial charge in [0.2, 0.25) is 0 Å². The lowest BCUT2D eigenvalue weighted by molar-refractivity contribution is -0.113. The lowest BCUT2D eigenvalue weighted by Crippen LogP contribution is -2.05. The van der Waals surface area contributed by atoms with E-state index < -0.39 is 0 Å². The standard InChI is InChI=1S/C9H16OS/c1-5-8(4)11-6-9(10)7(2)3/h8H,2,5-6H2,1,3-4H3. The molecule has 1 atom stereocenters. The van der Waals surface area contributed by atoms with Crippen molar-refractivity contribution >= 4 is 17.5 Å². The van der Waals surface area contributed by atoms with Crippen molar-refractivity contribution < 1.29 is 4.79 Å². The summed E-state index contributed by atoms with van der Waals surface area (Å²) in [7, 11) is 0. The number of hydrogen-bond donors (Lipinski definition) is 0. The maximum Gasteiger partial charge on any atom is 0.167 e. The summed E-state index contributed by atoms with van der Waals surface area (Å²) < 4.78 is 0. The first kappa shape index (κ1) is 10.8. The molecule has 0 aliphatic heterocycles. The van der Waals surface area contributed by atoms with Crippen LogP contribution >= 0.6 is 11.8 Å². The van der Waals surface area contributed by atoms with Gasteiger partial charge in [-0.15, -0.1) is 0 Å². The van der Waals surface area contributed by atoms with Gasteiger partial charge in [-0.3, -0.25) is 4.79 Å². The van der Waals surface area contributed by atoms with E-state index in [0.29, 0.717) is 16.6 Å². The maximum atomic E-state index is 11.0. The zero-order valence-electron chi connectivity index (χ0n) is 7.52. The number of Topliss-reactive ketones (excluding diaryl/α,β-unsaturated/α-hetero) is 1. The molecule has 64 valence electrons. The van der Waals surface area contributed by atoms with Crippen molar-refractivity contribution in [3.63, 3.8) is 0 Å². The third kappa shape index (κ3) is 5.08. The van der Waals surface area contributed by atoms with E-state index in [-0.39, 0.29) is 5.78 Å². The van der Waals surface area contributed by atoms with Gasteiger partial charge in [0.1, 0.15) is 0 Å². The van der Waals surface area contributed by atoms with Crippen molar-refractivity contribution in [3.05, 3.63) is 12.2 Å². The van der Waals surface area contributed by atoms with Gasteiger partial charge in [0, 0.05) is 5.25 Å². The SMILES string of the molecule is C=C(C)C(=O)CSC(C)CC. The Balaban J connectivity index is 3.54. The minimum atomic E-state index is 0.176. The smallest absolute Gasteiger partial charge is 0.167 e. The fraction of sp³-hybridized carbons (Fsp3) is 0.667. The first-order chi connectivity index (χ1) is 5.07. The summed E-state index contributed by atoms with van der Waals surface area (Å²) in [5.41, 5.74) is 0.667. The molecule has 0 saturated heterocycles. The molecule has 0 heterocycles. The van der Waals surface area contributed by atoms with Gasteiger partial charge in [-0.25, -0.2) is 0 Å². The van der Waals surface area contributed by atoms with Crippen LogP contribution in [0.5, 0.6) is 0 Å². The second-order valence-corrected chi connectivity index (χ2v) is 4.16. The van der Waals surface area contributed by atoms with E-state index in [1.54, 1.807) is 18.7 Å². The van der Waals surface area contributed by atoms with Crippen LogP contribution in [0.4, 0.5) is 0 Å². The van der Waals surface area contributed by atoms with Gasteiger partial charge in [0.05, 0.1) is 5.75 Å². The van der Waals surface area contributed by atoms with Gasteiger partial charge in [0.15, 0.2) is 5.78 Å². The molecule has 0 saturated carbocycles. The Morgan fingerprint density at radius 3 is 2.55 bits per heavy atom. The zero-order valence-corrected chi connectivity index (χ0v) is 8.33. The molecule has 0 N–H and O–H groups in total. The number of carbonyl (C=O) groups is 1. The molecule has 0 aromatic rings. The number of rotatable bonds is 5. The minimum Gasteiger partial charge on any atom is -0.294 e. The predicted molar refractivity (Wildman–Crippen MR) is 52.0 cm³/mol. The number of hydrogen-bond acceptors (Lipinski definition) is 2. The van der Waals surface area contributed by atoms with Crippen molar-refractivity contribution in [2.45, 2.75) is 32.4 Å². The third-order valence-electron chi connectivity index (χ3n) is 1.55. The first-order valence-electron chi connectivity index (χ1n) is 3.88. The van der Waals surface area contributed by atoms with E-state index in [1.165, 1.54) is 0 Å². The highest BCUT2D eigenvalue weighted by atomic mass is 32.2. The maximum absolute atomic E-state index is 11.0. The van der Waals surface area contributed by atoms with Gasteiger partial charge in [-0.1, -0.05) is 20.4 Å². The summed E-state index contributed by atoms with van der Waals surface area (Å²) in [4.78, 5) is 11.0. The van der Waals surface area contributed by atoms with Crippen molar-refractivity contribution in [3.8, 4) is 0 Å². The molecule has 0 rings (SSSR count). The zero-order chi connectivity index (χ0) is 8.85. The van der Waals surface area contributed by atoms with Crippen LogP contribution in [0.15, 0.2) is 12.2 Å². The first-order valence-corrected chi connectivity index (χ1v) is 4.93. The molecular weight excluding hydrogens is 156 g/mol. The highest BCUT2D eigenvalue weighted by Gasteiger charge is 2.05. The van der Waals surface area contributed by atoms with Gasteiger partial charge < -0.3 is 0 Å². The van der Waals surface area contributed by atoms with Crippen molar-refractivity contribution in [1.29, 1.82) is 0 Å². The molecule has 11 heavy (non-hydrogen) atoms. The molecule has 1 nitrogen and oxygen atoms in total. The highest BCUT2D eigenvalue weighted by Crippen LogP contribution is 2.14. The largest absolute Gasteiger partial charge is 0.294 e. The summed E-state index contributed by atoms with van der Waals surface area (Å²) in [6.45, 7) is 9.62. The molecule has 0 radical (unpaired) electrons. The predicted octanol–water partition coefficient (Wildman–Crippen LogP) is 2.66. The normalized spacial score (nSPS) is 12.6. The molecule has 0 fully saturated rings. The Morgan fingerprint density at radius 2 is 2.18 bits per heavy atom. The van der Waals surface area contributed by atoms with Crippen LogP contribution in [0.3, 0.4) is 0 Å². The van der Waals surface area contributed by atoms with Crippen LogP contribution < -0.4 is 0 Å². The highest BCUT2D eigenvalue weighted by molar-refractivity contribution is 8.00. The van der Waals surface area contributed by atoms with Crippen molar-refractivity contribution in [1.82, 2.24) is 0 Å². The van der Waals surface area contributed by atoms with E-state index >= 15 is 0 Å². The van der Waals surface area contributed by atoms with Crippen LogP contribution in [0.2, 0.25) is 0 Å². The quantitative estimate of drug-likeness (QED) is 0.593. The van der Waals surface area contributed by atoms with Crippen molar-refractivity contribution in [2.75, 3.05) is 5.75 Å². The van der Waals surface area contributed by atoms with E-state index in [2.05, 4.69) is 20.4 Å². The fourth-order valence-electron chi connectivity index (χ4n) is 0.459. The molecule has 0 aromatic carbocycles. The molecule has 1 unspecified atom stereocenters. The summed E-state index contributed by atoms with van der Waals surface area (Å²) in [6, 6.07) is 0. The Kier molecular flexibility index (Phi) is 5.30. The van der Waals surface area contributed by atoms with E-state index in [1.807, 2.05) is 0 Å². The molecule has 0 aliphatic carbocycles. The Hall–Kier alpha value is -0.240. The Bertz CT molecular complexity index is 152. The number of allylic oxidation sites excluding steroid dienone is 1. The molecule has 0 spiro atoms. The monoisotopic (exact) mass is 172 g/mol. The average molecular weight is 172 g/mol. The minimum absolute atomic E-state index is 0.176. The summed E-state index contributed by atoms with van der Waals surface area (Å²) in [6.07, 6.45) is 1.12. The second kappa shape index (κ2) is 5.42. The van der Waals surface area contributed by atoms with E-state index in [4.69, 9.17) is 0 Å². The number of thioether (sulfide) groups is 1. The molecule has 0 aromatic heterocycles. The van der Waals surface area contributed by atoms with Crippen LogP contribution in [0.25, 0.3) is 0 Å². The lowest BCUT2D eigenvalue weighted by atomic mass is 10.2. The molecule has 0 aliphatic rings. The number of carbonyl (C=O) groups excluding carboxylic acids is 1. The molecule has 0 amide bonds. The second-order valence-electron chi connectivity index (χ2n) is 2.73. The lowest BCUT2D eigenvalue weighted by Gasteiger charge is -2.06. The summed E-state index contributed by atoms with van der Waals surface area (Å²) >= 11 is 1.70. The van der Waals surface area contributed by atoms with Crippen molar-refractivity contribution in [2.24, 2.45) is 0 Å².